The molecule has 1 atom stereocenters. The van der Waals surface area contributed by atoms with Gasteiger partial charge in [-0.3, -0.25) is 0 Å². The lowest BCUT2D eigenvalue weighted by atomic mass is 10.1. The van der Waals surface area contributed by atoms with Crippen LogP contribution in [0.15, 0.2) is 12.2 Å². The predicted molar refractivity (Wildman–Crippen MR) is 60.3 cm³/mol. The van der Waals surface area contributed by atoms with Crippen LogP contribution in [-0.2, 0) is 19.0 Å². The van der Waals surface area contributed by atoms with E-state index in [4.69, 9.17) is 9.47 Å². The van der Waals surface area contributed by atoms with Gasteiger partial charge < -0.3 is 14.2 Å². The highest BCUT2D eigenvalue weighted by Gasteiger charge is 2.48. The molecule has 1 unspecified atom stereocenters. The van der Waals surface area contributed by atoms with Crippen LogP contribution in [-0.4, -0.2) is 37.3 Å². The molecule has 1 saturated heterocycles. The Morgan fingerprint density at radius 1 is 1.42 bits per heavy atom. The highest BCUT2D eigenvalue weighted by atomic mass is 19.4. The average Bonchev–Trinajstić information content (AvgIpc) is 2.27. The molecular weight excluding hydrogens is 265 g/mol. The van der Waals surface area contributed by atoms with Gasteiger partial charge in [0, 0.05) is 12.0 Å². The van der Waals surface area contributed by atoms with Gasteiger partial charge in [0.2, 0.25) is 6.10 Å². The zero-order valence-corrected chi connectivity index (χ0v) is 10.9. The third-order valence-corrected chi connectivity index (χ3v) is 2.62. The molecule has 1 fully saturated rings. The first-order valence-corrected chi connectivity index (χ1v) is 5.85. The van der Waals surface area contributed by atoms with Crippen molar-refractivity contribution in [2.24, 2.45) is 0 Å². The van der Waals surface area contributed by atoms with Crippen molar-refractivity contribution >= 4 is 5.97 Å². The zero-order chi connectivity index (χ0) is 14.7. The maximum absolute atomic E-state index is 12.9. The normalized spacial score (nSPS) is 20.7. The van der Waals surface area contributed by atoms with Crippen LogP contribution in [0.1, 0.15) is 26.7 Å². The van der Waals surface area contributed by atoms with E-state index >= 15 is 0 Å². The molecule has 7 heteroatoms. The van der Waals surface area contributed by atoms with E-state index in [9.17, 15) is 18.0 Å². The van der Waals surface area contributed by atoms with Crippen molar-refractivity contribution in [3.63, 3.8) is 0 Å². The lowest BCUT2D eigenvalue weighted by molar-refractivity contribution is -0.294. The maximum atomic E-state index is 12.9. The summed E-state index contributed by atoms with van der Waals surface area (Å²) in [6, 6.07) is 0. The van der Waals surface area contributed by atoms with Crippen LogP contribution in [0.5, 0.6) is 0 Å². The molecule has 0 amide bonds. The van der Waals surface area contributed by atoms with Gasteiger partial charge in [-0.1, -0.05) is 6.58 Å². The Hall–Kier alpha value is -1.08. The topological polar surface area (TPSA) is 44.8 Å². The summed E-state index contributed by atoms with van der Waals surface area (Å²) in [5.41, 5.74) is -0.0927. The number of halogens is 3. The second kappa shape index (κ2) is 5.92. The van der Waals surface area contributed by atoms with Crippen LogP contribution in [0.3, 0.4) is 0 Å². The molecule has 0 aromatic heterocycles. The number of alkyl halides is 3. The molecule has 0 aromatic carbocycles. The minimum Gasteiger partial charge on any atom is -0.449 e. The summed E-state index contributed by atoms with van der Waals surface area (Å²) in [4.78, 5) is 11.2. The van der Waals surface area contributed by atoms with Gasteiger partial charge in [0.15, 0.2) is 5.79 Å². The van der Waals surface area contributed by atoms with Crippen LogP contribution in [0.2, 0.25) is 0 Å². The highest BCUT2D eigenvalue weighted by molar-refractivity contribution is 5.87. The molecule has 0 N–H and O–H groups in total. The molecule has 110 valence electrons. The van der Waals surface area contributed by atoms with E-state index in [1.54, 1.807) is 0 Å². The minimum atomic E-state index is -4.68. The Bertz CT molecular complexity index is 345. The number of hydrogen-bond acceptors (Lipinski definition) is 4. The van der Waals surface area contributed by atoms with Gasteiger partial charge in [-0.15, -0.1) is 0 Å². The first-order valence-electron chi connectivity index (χ1n) is 5.85. The van der Waals surface area contributed by atoms with Crippen molar-refractivity contribution in [2.75, 3.05) is 13.2 Å². The quantitative estimate of drug-likeness (QED) is 0.587. The number of esters is 1. The van der Waals surface area contributed by atoms with E-state index in [0.717, 1.165) is 0 Å². The lowest BCUT2D eigenvalue weighted by Crippen LogP contribution is -2.46. The summed E-state index contributed by atoms with van der Waals surface area (Å²) in [6.07, 6.45) is -6.94. The number of hydrogen-bond donors (Lipinski definition) is 0. The summed E-state index contributed by atoms with van der Waals surface area (Å²) >= 11 is 0. The fourth-order valence-corrected chi connectivity index (χ4v) is 1.59. The fourth-order valence-electron chi connectivity index (χ4n) is 1.59. The molecule has 0 aliphatic carbocycles. The van der Waals surface area contributed by atoms with Crippen LogP contribution < -0.4 is 0 Å². The van der Waals surface area contributed by atoms with Crippen LogP contribution in [0.4, 0.5) is 13.2 Å². The molecular formula is C12H17F3O4. The molecule has 4 nitrogen and oxygen atoms in total. The summed E-state index contributed by atoms with van der Waals surface area (Å²) in [7, 11) is 0. The molecule has 0 radical (unpaired) electrons. The standard InChI is InChI=1S/C12H17F3O4/c1-8(2)10(16)19-9(12(13,14)15)7-11(3)17-5-4-6-18-11/h9H,1,4-7H2,2-3H3. The Kier molecular flexibility index (Phi) is 4.98. The molecule has 1 rings (SSSR count). The van der Waals surface area contributed by atoms with Crippen molar-refractivity contribution in [2.45, 2.75) is 44.8 Å². The second-order valence-electron chi connectivity index (χ2n) is 4.60. The van der Waals surface area contributed by atoms with E-state index in [1.807, 2.05) is 0 Å². The molecule has 19 heavy (non-hydrogen) atoms. The van der Waals surface area contributed by atoms with Crippen molar-refractivity contribution in [3.8, 4) is 0 Å². The van der Waals surface area contributed by atoms with Crippen molar-refractivity contribution in [1.29, 1.82) is 0 Å². The van der Waals surface area contributed by atoms with Gasteiger partial charge in [0.1, 0.15) is 0 Å². The van der Waals surface area contributed by atoms with Gasteiger partial charge in [0.05, 0.1) is 13.2 Å². The molecule has 0 aromatic rings. The molecule has 0 bridgehead atoms. The summed E-state index contributed by atoms with van der Waals surface area (Å²) in [5.74, 6) is -2.48. The minimum absolute atomic E-state index is 0.0927. The van der Waals surface area contributed by atoms with Crippen LogP contribution in [0.25, 0.3) is 0 Å². The van der Waals surface area contributed by atoms with Crippen LogP contribution >= 0.6 is 0 Å². The Morgan fingerprint density at radius 3 is 2.37 bits per heavy atom. The van der Waals surface area contributed by atoms with E-state index in [1.165, 1.54) is 13.8 Å². The van der Waals surface area contributed by atoms with E-state index in [0.29, 0.717) is 19.6 Å². The maximum Gasteiger partial charge on any atom is 0.425 e. The average molecular weight is 282 g/mol. The molecule has 0 saturated carbocycles. The molecule has 1 aliphatic rings. The molecule has 0 spiro atoms. The second-order valence-corrected chi connectivity index (χ2v) is 4.60. The highest BCUT2D eigenvalue weighted by Crippen LogP contribution is 2.33. The van der Waals surface area contributed by atoms with Gasteiger partial charge >= 0.3 is 12.1 Å². The van der Waals surface area contributed by atoms with E-state index < -0.39 is 30.5 Å². The first-order chi connectivity index (χ1) is 8.64. The van der Waals surface area contributed by atoms with Gasteiger partial charge in [0.25, 0.3) is 0 Å². The number of carbonyl (C=O) groups excluding carboxylic acids is 1. The first kappa shape index (κ1) is 16.0. The molecule has 1 aliphatic heterocycles. The largest absolute Gasteiger partial charge is 0.449 e. The summed E-state index contributed by atoms with van der Waals surface area (Å²) < 4.78 is 53.4. The third-order valence-electron chi connectivity index (χ3n) is 2.62. The number of ether oxygens (including phenoxy) is 3. The van der Waals surface area contributed by atoms with Gasteiger partial charge in [-0.05, 0) is 20.3 Å². The third kappa shape index (κ3) is 4.83. The SMILES string of the molecule is C=C(C)C(=O)OC(CC1(C)OCCCO1)C(F)(F)F. The van der Waals surface area contributed by atoms with E-state index in [2.05, 4.69) is 11.3 Å². The Morgan fingerprint density at radius 2 is 1.95 bits per heavy atom. The van der Waals surface area contributed by atoms with Crippen LogP contribution in [0, 0.1) is 0 Å². The predicted octanol–water partition coefficient (Wildman–Crippen LogP) is 2.58. The number of rotatable bonds is 4. The zero-order valence-electron chi connectivity index (χ0n) is 10.9. The number of carbonyl (C=O) groups is 1. The van der Waals surface area contributed by atoms with Gasteiger partial charge in [-0.2, -0.15) is 13.2 Å². The monoisotopic (exact) mass is 282 g/mol. The smallest absolute Gasteiger partial charge is 0.425 e. The molecule has 1 heterocycles. The van der Waals surface area contributed by atoms with E-state index in [-0.39, 0.29) is 5.57 Å². The Balaban J connectivity index is 2.74. The van der Waals surface area contributed by atoms with Gasteiger partial charge in [-0.25, -0.2) is 4.79 Å². The van der Waals surface area contributed by atoms with Crippen molar-refractivity contribution in [1.82, 2.24) is 0 Å². The lowest BCUT2D eigenvalue weighted by Gasteiger charge is -2.36. The summed E-state index contributed by atoms with van der Waals surface area (Å²) in [5, 5.41) is 0. The summed E-state index contributed by atoms with van der Waals surface area (Å²) in [6.45, 7) is 6.57. The fraction of sp³-hybridized carbons (Fsp3) is 0.750. The van der Waals surface area contributed by atoms with Crippen molar-refractivity contribution < 1.29 is 32.2 Å². The Labute approximate surface area is 109 Å². The van der Waals surface area contributed by atoms with Crippen molar-refractivity contribution in [3.05, 3.63) is 12.2 Å².